The van der Waals surface area contributed by atoms with Gasteiger partial charge < -0.3 is 9.64 Å². The lowest BCUT2D eigenvalue weighted by Crippen LogP contribution is -2.36. The number of aromatic nitrogens is 4. The first kappa shape index (κ1) is 16.3. The topological polar surface area (TPSA) is 56.1 Å². The van der Waals surface area contributed by atoms with Crippen molar-refractivity contribution in [3.8, 4) is 11.4 Å². The summed E-state index contributed by atoms with van der Waals surface area (Å²) in [5, 5.41) is 12.9. The molecule has 2 aromatic rings. The number of hydrogen-bond donors (Lipinski definition) is 0. The second kappa shape index (κ2) is 7.79. The highest BCUT2D eigenvalue weighted by Gasteiger charge is 2.19. The van der Waals surface area contributed by atoms with Crippen LogP contribution in [0.15, 0.2) is 29.4 Å². The number of nitrogens with zero attached hydrogens (tertiary/aromatic N) is 5. The number of benzene rings is 1. The lowest BCUT2D eigenvalue weighted by molar-refractivity contribution is 0.182. The zero-order valence-corrected chi connectivity index (χ0v) is 14.5. The first-order valence-corrected chi connectivity index (χ1v) is 9.02. The van der Waals surface area contributed by atoms with Crippen LogP contribution in [0.25, 0.3) is 5.69 Å². The van der Waals surface area contributed by atoms with Crippen molar-refractivity contribution in [3.05, 3.63) is 24.3 Å². The Morgan fingerprint density at radius 1 is 1.26 bits per heavy atom. The second-order valence-corrected chi connectivity index (χ2v) is 6.90. The molecule has 1 aliphatic rings. The van der Waals surface area contributed by atoms with Crippen molar-refractivity contribution in [2.75, 3.05) is 26.5 Å². The lowest BCUT2D eigenvalue weighted by Gasteiger charge is -2.32. The molecule has 1 atom stereocenters. The van der Waals surface area contributed by atoms with Gasteiger partial charge in [0.25, 0.3) is 0 Å². The van der Waals surface area contributed by atoms with Crippen LogP contribution >= 0.6 is 11.8 Å². The highest BCUT2D eigenvalue weighted by molar-refractivity contribution is 7.99. The van der Waals surface area contributed by atoms with Crippen molar-refractivity contribution in [2.45, 2.75) is 36.9 Å². The normalized spacial score (nSPS) is 19.0. The summed E-state index contributed by atoms with van der Waals surface area (Å²) in [5.41, 5.74) is 0.952. The fourth-order valence-corrected chi connectivity index (χ4v) is 3.88. The minimum atomic E-state index is 0.696. The molecule has 1 saturated heterocycles. The third-order valence-electron chi connectivity index (χ3n) is 4.36. The van der Waals surface area contributed by atoms with E-state index in [0.29, 0.717) is 6.04 Å². The standard InChI is InChI=1S/C16H23N5OS/c1-20-11-4-3-5-13(20)10-12-23-16-17-18-19-21(16)14-6-8-15(22-2)9-7-14/h6-9,13H,3-5,10-12H2,1-2H3. The highest BCUT2D eigenvalue weighted by atomic mass is 32.2. The first-order chi connectivity index (χ1) is 11.3. The molecule has 1 aromatic heterocycles. The minimum Gasteiger partial charge on any atom is -0.497 e. The summed E-state index contributed by atoms with van der Waals surface area (Å²) >= 11 is 1.72. The Hall–Kier alpha value is -1.60. The minimum absolute atomic E-state index is 0.696. The summed E-state index contributed by atoms with van der Waals surface area (Å²) < 4.78 is 6.97. The van der Waals surface area contributed by atoms with Gasteiger partial charge in [0, 0.05) is 11.8 Å². The molecule has 1 fully saturated rings. The van der Waals surface area contributed by atoms with Gasteiger partial charge in [-0.05, 0) is 67.5 Å². The van der Waals surface area contributed by atoms with Gasteiger partial charge in [-0.3, -0.25) is 0 Å². The quantitative estimate of drug-likeness (QED) is 0.758. The van der Waals surface area contributed by atoms with Crippen LogP contribution in [-0.2, 0) is 0 Å². The zero-order chi connectivity index (χ0) is 16.1. The van der Waals surface area contributed by atoms with Crippen LogP contribution in [0.5, 0.6) is 5.75 Å². The Kier molecular flexibility index (Phi) is 5.51. The molecule has 1 unspecified atom stereocenters. The maximum Gasteiger partial charge on any atom is 0.214 e. The Morgan fingerprint density at radius 3 is 2.83 bits per heavy atom. The van der Waals surface area contributed by atoms with Gasteiger partial charge in [0.05, 0.1) is 12.8 Å². The zero-order valence-electron chi connectivity index (χ0n) is 13.7. The molecule has 7 heteroatoms. The van der Waals surface area contributed by atoms with E-state index in [1.54, 1.807) is 23.6 Å². The lowest BCUT2D eigenvalue weighted by atomic mass is 10.0. The van der Waals surface area contributed by atoms with Crippen LogP contribution in [0, 0.1) is 0 Å². The van der Waals surface area contributed by atoms with E-state index < -0.39 is 0 Å². The van der Waals surface area contributed by atoms with E-state index >= 15 is 0 Å². The van der Waals surface area contributed by atoms with Gasteiger partial charge in [-0.1, -0.05) is 18.2 Å². The van der Waals surface area contributed by atoms with Gasteiger partial charge in [-0.15, -0.1) is 5.10 Å². The number of thioether (sulfide) groups is 1. The largest absolute Gasteiger partial charge is 0.497 e. The number of tetrazole rings is 1. The fourth-order valence-electron chi connectivity index (χ4n) is 2.95. The average molecular weight is 333 g/mol. The number of piperidine rings is 1. The van der Waals surface area contributed by atoms with Crippen LogP contribution in [0.3, 0.4) is 0 Å². The predicted molar refractivity (Wildman–Crippen MR) is 91.3 cm³/mol. The van der Waals surface area contributed by atoms with Crippen LogP contribution in [-0.4, -0.2) is 57.6 Å². The molecule has 2 heterocycles. The van der Waals surface area contributed by atoms with Crippen molar-refractivity contribution >= 4 is 11.8 Å². The third kappa shape index (κ3) is 4.03. The summed E-state index contributed by atoms with van der Waals surface area (Å²) in [6.07, 6.45) is 5.16. The van der Waals surface area contributed by atoms with Crippen LogP contribution in [0.2, 0.25) is 0 Å². The summed E-state index contributed by atoms with van der Waals surface area (Å²) in [7, 11) is 3.89. The maximum absolute atomic E-state index is 5.19. The molecule has 0 amide bonds. The summed E-state index contributed by atoms with van der Waals surface area (Å²) in [6.45, 7) is 1.22. The SMILES string of the molecule is COc1ccc(-n2nnnc2SCCC2CCCCN2C)cc1. The third-order valence-corrected chi connectivity index (χ3v) is 5.31. The number of hydrogen-bond acceptors (Lipinski definition) is 6. The van der Waals surface area contributed by atoms with E-state index in [-0.39, 0.29) is 0 Å². The molecule has 6 nitrogen and oxygen atoms in total. The van der Waals surface area contributed by atoms with Crippen molar-refractivity contribution in [2.24, 2.45) is 0 Å². The number of likely N-dealkylation sites (tertiary alicyclic amines) is 1. The molecule has 0 N–H and O–H groups in total. The molecule has 3 rings (SSSR count). The molecule has 0 saturated carbocycles. The van der Waals surface area contributed by atoms with E-state index in [4.69, 9.17) is 4.74 Å². The smallest absolute Gasteiger partial charge is 0.214 e. The first-order valence-electron chi connectivity index (χ1n) is 8.04. The molecule has 1 aliphatic heterocycles. The molecular formula is C16H23N5OS. The van der Waals surface area contributed by atoms with Gasteiger partial charge >= 0.3 is 0 Å². The van der Waals surface area contributed by atoms with E-state index in [9.17, 15) is 0 Å². The molecule has 0 spiro atoms. The van der Waals surface area contributed by atoms with Crippen molar-refractivity contribution < 1.29 is 4.74 Å². The number of methoxy groups -OCH3 is 1. The van der Waals surface area contributed by atoms with Crippen LogP contribution in [0.4, 0.5) is 0 Å². The molecular weight excluding hydrogens is 310 g/mol. The molecule has 0 radical (unpaired) electrons. The molecule has 23 heavy (non-hydrogen) atoms. The molecule has 0 aliphatic carbocycles. The molecule has 0 bridgehead atoms. The summed E-state index contributed by atoms with van der Waals surface area (Å²) in [4.78, 5) is 2.48. The van der Waals surface area contributed by atoms with E-state index in [1.807, 2.05) is 24.3 Å². The van der Waals surface area contributed by atoms with Crippen LogP contribution in [0.1, 0.15) is 25.7 Å². The highest BCUT2D eigenvalue weighted by Crippen LogP contribution is 2.24. The summed E-state index contributed by atoms with van der Waals surface area (Å²) in [6, 6.07) is 8.47. The predicted octanol–water partition coefficient (Wildman–Crippen LogP) is 2.64. The van der Waals surface area contributed by atoms with E-state index in [0.717, 1.165) is 22.3 Å². The van der Waals surface area contributed by atoms with Crippen molar-refractivity contribution in [1.29, 1.82) is 0 Å². The summed E-state index contributed by atoms with van der Waals surface area (Å²) in [5.74, 6) is 1.86. The van der Waals surface area contributed by atoms with Gasteiger partial charge in [-0.2, -0.15) is 4.68 Å². The van der Waals surface area contributed by atoms with Gasteiger partial charge in [0.2, 0.25) is 5.16 Å². The van der Waals surface area contributed by atoms with E-state index in [2.05, 4.69) is 27.5 Å². The second-order valence-electron chi connectivity index (χ2n) is 5.84. The van der Waals surface area contributed by atoms with Crippen LogP contribution < -0.4 is 4.74 Å². The Balaban J connectivity index is 1.59. The Bertz CT molecular complexity index is 615. The van der Waals surface area contributed by atoms with Crippen molar-refractivity contribution in [3.63, 3.8) is 0 Å². The Morgan fingerprint density at radius 2 is 2.09 bits per heavy atom. The monoisotopic (exact) mass is 333 g/mol. The maximum atomic E-state index is 5.19. The molecule has 124 valence electrons. The molecule has 1 aromatic carbocycles. The van der Waals surface area contributed by atoms with Crippen molar-refractivity contribution in [1.82, 2.24) is 25.1 Å². The van der Waals surface area contributed by atoms with Gasteiger partial charge in [-0.25, -0.2) is 0 Å². The number of rotatable bonds is 6. The van der Waals surface area contributed by atoms with E-state index in [1.165, 1.54) is 32.2 Å². The fraction of sp³-hybridized carbons (Fsp3) is 0.562. The Labute approximate surface area is 141 Å². The van der Waals surface area contributed by atoms with Gasteiger partial charge in [0.1, 0.15) is 5.75 Å². The number of ether oxygens (including phenoxy) is 1. The van der Waals surface area contributed by atoms with Gasteiger partial charge in [0.15, 0.2) is 0 Å². The average Bonchev–Trinajstić information content (AvgIpc) is 3.05.